The number of hydrogen-bond acceptors (Lipinski definition) is 4. The fourth-order valence-corrected chi connectivity index (χ4v) is 1.86. The first-order chi connectivity index (χ1) is 8.78. The summed E-state index contributed by atoms with van der Waals surface area (Å²) in [4.78, 5) is 16.1. The first kappa shape index (κ1) is 11.1. The fourth-order valence-electron chi connectivity index (χ4n) is 1.86. The van der Waals surface area contributed by atoms with E-state index >= 15 is 0 Å². The number of hydrogen-bond donors (Lipinski definition) is 1. The first-order valence-corrected chi connectivity index (χ1v) is 6.11. The van der Waals surface area contributed by atoms with Gasteiger partial charge in [-0.25, -0.2) is 4.98 Å². The van der Waals surface area contributed by atoms with Crippen molar-refractivity contribution in [3.63, 3.8) is 0 Å². The molecule has 0 bridgehead atoms. The second-order valence-corrected chi connectivity index (χ2v) is 4.41. The molecule has 2 aromatic heterocycles. The molecule has 1 fully saturated rings. The topological polar surface area (TPSA) is 68.3 Å². The van der Waals surface area contributed by atoms with Crippen LogP contribution in [0.3, 0.4) is 0 Å². The molecule has 5 heteroatoms. The van der Waals surface area contributed by atoms with E-state index in [-0.39, 0.29) is 11.9 Å². The number of rotatable bonds is 4. The van der Waals surface area contributed by atoms with Crippen molar-refractivity contribution < 1.29 is 13.6 Å². The van der Waals surface area contributed by atoms with Crippen LogP contribution in [0.15, 0.2) is 27.4 Å². The van der Waals surface area contributed by atoms with Crippen LogP contribution < -0.4 is 5.32 Å². The Morgan fingerprint density at radius 3 is 3.06 bits per heavy atom. The third-order valence-electron chi connectivity index (χ3n) is 3.01. The molecule has 0 atom stereocenters. The average Bonchev–Trinajstić information content (AvgIpc) is 2.93. The number of anilines is 1. The van der Waals surface area contributed by atoms with E-state index in [0.29, 0.717) is 11.5 Å². The number of carbonyl (C=O) groups is 1. The molecule has 94 valence electrons. The lowest BCUT2D eigenvalue weighted by Crippen LogP contribution is -2.12. The van der Waals surface area contributed by atoms with Gasteiger partial charge in [0, 0.05) is 12.3 Å². The Morgan fingerprint density at radius 1 is 1.56 bits per heavy atom. The van der Waals surface area contributed by atoms with Crippen LogP contribution in [-0.4, -0.2) is 10.9 Å². The number of carbonyl (C=O) groups excluding carboxylic acids is 1. The van der Waals surface area contributed by atoms with Crippen molar-refractivity contribution in [1.29, 1.82) is 0 Å². The fraction of sp³-hybridized carbons (Fsp3) is 0.385. The minimum atomic E-state index is -0.227. The van der Waals surface area contributed by atoms with Crippen LogP contribution in [0.5, 0.6) is 0 Å². The third kappa shape index (κ3) is 2.03. The number of nitrogens with one attached hydrogen (secondary N) is 1. The van der Waals surface area contributed by atoms with Crippen LogP contribution in [0.25, 0.3) is 0 Å². The summed E-state index contributed by atoms with van der Waals surface area (Å²) in [5, 5.41) is 2.65. The maximum absolute atomic E-state index is 12.1. The molecule has 1 amide bonds. The van der Waals surface area contributed by atoms with Crippen LogP contribution in [0.2, 0.25) is 0 Å². The van der Waals surface area contributed by atoms with Gasteiger partial charge in [-0.1, -0.05) is 6.92 Å². The van der Waals surface area contributed by atoms with Gasteiger partial charge in [-0.2, -0.15) is 0 Å². The quantitative estimate of drug-likeness (QED) is 0.900. The molecule has 5 nitrogen and oxygen atoms in total. The molecule has 0 unspecified atom stereocenters. The van der Waals surface area contributed by atoms with Crippen LogP contribution in [-0.2, 0) is 6.42 Å². The predicted octanol–water partition coefficient (Wildman–Crippen LogP) is 2.96. The summed E-state index contributed by atoms with van der Waals surface area (Å²) in [6.07, 6.45) is 6.10. The van der Waals surface area contributed by atoms with E-state index in [1.807, 2.05) is 6.92 Å². The van der Waals surface area contributed by atoms with E-state index in [1.165, 1.54) is 0 Å². The highest BCUT2D eigenvalue weighted by atomic mass is 16.4. The van der Waals surface area contributed by atoms with Gasteiger partial charge in [0.15, 0.2) is 0 Å². The number of amides is 1. The number of aryl methyl sites for hydroxylation is 1. The molecule has 0 saturated heterocycles. The second kappa shape index (κ2) is 4.33. The van der Waals surface area contributed by atoms with Crippen molar-refractivity contribution in [3.05, 3.63) is 35.6 Å². The van der Waals surface area contributed by atoms with Gasteiger partial charge in [0.25, 0.3) is 5.91 Å². The monoisotopic (exact) mass is 246 g/mol. The molecule has 2 heterocycles. The highest BCUT2D eigenvalue weighted by molar-refractivity contribution is 6.04. The van der Waals surface area contributed by atoms with E-state index in [0.717, 1.165) is 30.8 Å². The van der Waals surface area contributed by atoms with Crippen LogP contribution in [0.4, 0.5) is 6.01 Å². The van der Waals surface area contributed by atoms with E-state index in [9.17, 15) is 4.79 Å². The van der Waals surface area contributed by atoms with Gasteiger partial charge < -0.3 is 8.83 Å². The number of furan rings is 1. The maximum Gasteiger partial charge on any atom is 0.301 e. The van der Waals surface area contributed by atoms with Crippen LogP contribution in [0, 0.1) is 0 Å². The molecular weight excluding hydrogens is 232 g/mol. The van der Waals surface area contributed by atoms with Crippen molar-refractivity contribution in [3.8, 4) is 0 Å². The lowest BCUT2D eigenvalue weighted by atomic mass is 10.2. The van der Waals surface area contributed by atoms with Gasteiger partial charge in [0.05, 0.1) is 18.0 Å². The van der Waals surface area contributed by atoms with Gasteiger partial charge in [-0.05, 0) is 18.9 Å². The SMILES string of the molecule is CCc1cnc(NC(=O)c2ccoc2C2CC2)o1. The molecule has 1 saturated carbocycles. The molecular formula is C13H14N2O3. The molecule has 0 aliphatic heterocycles. The Balaban J connectivity index is 1.75. The Kier molecular flexibility index (Phi) is 2.66. The highest BCUT2D eigenvalue weighted by Crippen LogP contribution is 2.42. The molecule has 18 heavy (non-hydrogen) atoms. The zero-order chi connectivity index (χ0) is 12.5. The lowest BCUT2D eigenvalue weighted by molar-refractivity contribution is 0.102. The Bertz CT molecular complexity index is 566. The van der Waals surface area contributed by atoms with Gasteiger partial charge in [-0.15, -0.1) is 0 Å². The van der Waals surface area contributed by atoms with Crippen LogP contribution >= 0.6 is 0 Å². The Morgan fingerprint density at radius 2 is 2.39 bits per heavy atom. The number of nitrogens with zero attached hydrogens (tertiary/aromatic N) is 1. The van der Waals surface area contributed by atoms with Gasteiger partial charge in [0.2, 0.25) is 0 Å². The van der Waals surface area contributed by atoms with E-state index in [2.05, 4.69) is 10.3 Å². The summed E-state index contributed by atoms with van der Waals surface area (Å²) in [6.45, 7) is 1.97. The summed E-state index contributed by atoms with van der Waals surface area (Å²) >= 11 is 0. The summed E-state index contributed by atoms with van der Waals surface area (Å²) in [5.41, 5.74) is 0.578. The summed E-state index contributed by atoms with van der Waals surface area (Å²) in [6, 6.07) is 1.92. The second-order valence-electron chi connectivity index (χ2n) is 4.41. The van der Waals surface area contributed by atoms with E-state index in [1.54, 1.807) is 18.5 Å². The summed E-state index contributed by atoms with van der Waals surface area (Å²) in [5.74, 6) is 1.70. The minimum Gasteiger partial charge on any atom is -0.468 e. The molecule has 0 spiro atoms. The van der Waals surface area contributed by atoms with Crippen molar-refractivity contribution in [2.24, 2.45) is 0 Å². The standard InChI is InChI=1S/C13H14N2O3/c1-2-9-7-14-13(18-9)15-12(16)10-5-6-17-11(10)8-3-4-8/h5-8H,2-4H2,1H3,(H,14,15,16). The molecule has 1 N–H and O–H groups in total. The molecule has 2 aromatic rings. The van der Waals surface area contributed by atoms with Crippen molar-refractivity contribution in [2.75, 3.05) is 5.32 Å². The van der Waals surface area contributed by atoms with Crippen LogP contribution in [0.1, 0.15) is 47.6 Å². The zero-order valence-corrected chi connectivity index (χ0v) is 10.1. The van der Waals surface area contributed by atoms with E-state index in [4.69, 9.17) is 8.83 Å². The first-order valence-electron chi connectivity index (χ1n) is 6.11. The number of oxazole rings is 1. The summed E-state index contributed by atoms with van der Waals surface area (Å²) < 4.78 is 10.7. The number of aromatic nitrogens is 1. The maximum atomic E-state index is 12.1. The molecule has 1 aliphatic rings. The molecule has 1 aliphatic carbocycles. The minimum absolute atomic E-state index is 0.227. The highest BCUT2D eigenvalue weighted by Gasteiger charge is 2.31. The lowest BCUT2D eigenvalue weighted by Gasteiger charge is -2.00. The van der Waals surface area contributed by atoms with Crippen molar-refractivity contribution in [2.45, 2.75) is 32.1 Å². The largest absolute Gasteiger partial charge is 0.468 e. The Labute approximate surface area is 104 Å². The van der Waals surface area contributed by atoms with Crippen molar-refractivity contribution in [1.82, 2.24) is 4.98 Å². The molecule has 3 rings (SSSR count). The Hall–Kier alpha value is -2.04. The van der Waals surface area contributed by atoms with E-state index < -0.39 is 0 Å². The molecule has 0 radical (unpaired) electrons. The smallest absolute Gasteiger partial charge is 0.301 e. The summed E-state index contributed by atoms with van der Waals surface area (Å²) in [7, 11) is 0. The van der Waals surface area contributed by atoms with Crippen molar-refractivity contribution >= 4 is 11.9 Å². The van der Waals surface area contributed by atoms with Gasteiger partial charge in [-0.3, -0.25) is 10.1 Å². The van der Waals surface area contributed by atoms with Gasteiger partial charge in [0.1, 0.15) is 11.5 Å². The normalized spacial score (nSPS) is 14.7. The van der Waals surface area contributed by atoms with Gasteiger partial charge >= 0.3 is 6.01 Å². The zero-order valence-electron chi connectivity index (χ0n) is 10.1. The predicted molar refractivity (Wildman–Crippen MR) is 64.5 cm³/mol. The molecule has 0 aromatic carbocycles. The third-order valence-corrected chi connectivity index (χ3v) is 3.01. The average molecular weight is 246 g/mol.